The molecule has 3 aromatic carbocycles. The Labute approximate surface area is 207 Å². The van der Waals surface area contributed by atoms with E-state index in [1.54, 1.807) is 24.3 Å². The highest BCUT2D eigenvalue weighted by Crippen LogP contribution is 2.22. The fourth-order valence-corrected chi connectivity index (χ4v) is 3.75. The van der Waals surface area contributed by atoms with Crippen molar-refractivity contribution in [3.8, 4) is 17.2 Å². The fraction of sp³-hybridized carbons (Fsp3) is 0.214. The van der Waals surface area contributed by atoms with Gasteiger partial charge in [-0.15, -0.1) is 0 Å². The lowest BCUT2D eigenvalue weighted by molar-refractivity contribution is -0.139. The average Bonchev–Trinajstić information content (AvgIpc) is 3.25. The number of nitrogens with zero attached hydrogens (tertiary/aromatic N) is 1. The third-order valence-corrected chi connectivity index (χ3v) is 5.75. The van der Waals surface area contributed by atoms with Crippen molar-refractivity contribution in [1.29, 1.82) is 0 Å². The van der Waals surface area contributed by atoms with E-state index in [0.29, 0.717) is 24.7 Å². The van der Waals surface area contributed by atoms with Crippen molar-refractivity contribution in [1.82, 2.24) is 10.3 Å². The Morgan fingerprint density at radius 2 is 1.81 bits per heavy atom. The van der Waals surface area contributed by atoms with Crippen molar-refractivity contribution < 1.29 is 27.8 Å². The van der Waals surface area contributed by atoms with Crippen LogP contribution < -0.4 is 10.1 Å². The van der Waals surface area contributed by atoms with Crippen LogP contribution in [0.3, 0.4) is 0 Å². The van der Waals surface area contributed by atoms with Gasteiger partial charge in [0.2, 0.25) is 5.89 Å². The van der Waals surface area contributed by atoms with Crippen molar-refractivity contribution in [2.24, 2.45) is 0 Å². The Bertz CT molecular complexity index is 1310. The first-order valence-corrected chi connectivity index (χ1v) is 11.5. The minimum Gasteiger partial charge on any atom is -0.493 e. The predicted octanol–water partition coefficient (Wildman–Crippen LogP) is 5.34. The molecule has 0 fully saturated rings. The van der Waals surface area contributed by atoms with Crippen LogP contribution in [-0.4, -0.2) is 28.7 Å². The fourth-order valence-electron chi connectivity index (χ4n) is 3.75. The Morgan fingerprint density at radius 3 is 2.53 bits per heavy atom. The number of oxazole rings is 1. The van der Waals surface area contributed by atoms with Crippen molar-refractivity contribution in [2.45, 2.75) is 32.4 Å². The van der Waals surface area contributed by atoms with Crippen molar-refractivity contribution in [3.63, 3.8) is 0 Å². The molecule has 36 heavy (non-hydrogen) atoms. The zero-order valence-corrected chi connectivity index (χ0v) is 19.7. The molecule has 0 saturated heterocycles. The van der Waals surface area contributed by atoms with E-state index in [9.17, 15) is 18.7 Å². The highest BCUT2D eigenvalue weighted by molar-refractivity contribution is 5.74. The molecule has 0 aliphatic rings. The molecule has 1 heterocycles. The lowest BCUT2D eigenvalue weighted by atomic mass is 10.1. The maximum Gasteiger partial charge on any atom is 0.321 e. The van der Waals surface area contributed by atoms with Gasteiger partial charge in [-0.25, -0.2) is 13.8 Å². The summed E-state index contributed by atoms with van der Waals surface area (Å²) in [4.78, 5) is 16.2. The van der Waals surface area contributed by atoms with Crippen LogP contribution in [0.4, 0.5) is 8.78 Å². The molecule has 0 radical (unpaired) electrons. The van der Waals surface area contributed by atoms with Crippen molar-refractivity contribution >= 4 is 5.97 Å². The Balaban J connectivity index is 1.29. The van der Waals surface area contributed by atoms with E-state index < -0.39 is 23.6 Å². The van der Waals surface area contributed by atoms with E-state index in [2.05, 4.69) is 10.3 Å². The molecule has 1 unspecified atom stereocenters. The van der Waals surface area contributed by atoms with Crippen LogP contribution in [0.15, 0.2) is 77.2 Å². The summed E-state index contributed by atoms with van der Waals surface area (Å²) in [7, 11) is 0. The standard InChI is InChI=1S/C28H26F2N2O4/c1-18-24(32-27(36-18)20-6-3-2-4-7-20)14-15-35-22-12-10-19(11-13-22)16-25(28(33)34)31-17-21-8-5-9-23(29)26(21)30/h2-13,25,31H,14-17H2,1H3,(H,33,34). The van der Waals surface area contributed by atoms with Gasteiger partial charge in [-0.2, -0.15) is 0 Å². The molecule has 1 aromatic heterocycles. The molecule has 0 amide bonds. The molecule has 0 aliphatic carbocycles. The summed E-state index contributed by atoms with van der Waals surface area (Å²) in [5.41, 5.74) is 2.58. The molecule has 2 N–H and O–H groups in total. The minimum absolute atomic E-state index is 0.0724. The minimum atomic E-state index is -1.08. The van der Waals surface area contributed by atoms with Crippen LogP contribution in [0.25, 0.3) is 11.5 Å². The van der Waals surface area contributed by atoms with E-state index >= 15 is 0 Å². The van der Waals surface area contributed by atoms with Crippen LogP contribution in [0.1, 0.15) is 22.6 Å². The van der Waals surface area contributed by atoms with Gasteiger partial charge in [-0.1, -0.05) is 42.5 Å². The number of aromatic nitrogens is 1. The number of halogens is 2. The van der Waals surface area contributed by atoms with Gasteiger partial charge < -0.3 is 14.3 Å². The maximum absolute atomic E-state index is 13.9. The lowest BCUT2D eigenvalue weighted by Gasteiger charge is -2.15. The SMILES string of the molecule is Cc1oc(-c2ccccc2)nc1CCOc1ccc(CC(NCc2cccc(F)c2F)C(=O)O)cc1. The highest BCUT2D eigenvalue weighted by atomic mass is 19.2. The van der Waals surface area contributed by atoms with Crippen LogP contribution in [-0.2, 0) is 24.2 Å². The molecule has 1 atom stereocenters. The maximum atomic E-state index is 13.9. The summed E-state index contributed by atoms with van der Waals surface area (Å²) < 4.78 is 38.8. The second-order valence-electron chi connectivity index (χ2n) is 8.32. The first-order valence-electron chi connectivity index (χ1n) is 11.5. The summed E-state index contributed by atoms with van der Waals surface area (Å²) in [6.45, 7) is 2.17. The number of carboxylic acid groups (broad SMARTS) is 1. The number of benzene rings is 3. The van der Waals surface area contributed by atoms with Crippen LogP contribution in [0.5, 0.6) is 5.75 Å². The predicted molar refractivity (Wildman–Crippen MR) is 131 cm³/mol. The second kappa shape index (κ2) is 11.6. The third-order valence-electron chi connectivity index (χ3n) is 5.75. The number of carboxylic acids is 1. The number of aliphatic carboxylic acids is 1. The zero-order chi connectivity index (χ0) is 25.5. The van der Waals surface area contributed by atoms with Crippen molar-refractivity contribution in [2.75, 3.05) is 6.61 Å². The number of hydrogen-bond acceptors (Lipinski definition) is 5. The number of ether oxygens (including phenoxy) is 1. The van der Waals surface area contributed by atoms with E-state index in [0.717, 1.165) is 28.6 Å². The number of rotatable bonds is 11. The molecule has 4 rings (SSSR count). The van der Waals surface area contributed by atoms with E-state index in [1.807, 2.05) is 37.3 Å². The van der Waals surface area contributed by atoms with Gasteiger partial charge >= 0.3 is 5.97 Å². The first kappa shape index (κ1) is 25.1. The largest absolute Gasteiger partial charge is 0.493 e. The van der Waals surface area contributed by atoms with Gasteiger partial charge in [0.25, 0.3) is 0 Å². The van der Waals surface area contributed by atoms with Gasteiger partial charge in [0, 0.05) is 24.1 Å². The number of hydrogen-bond donors (Lipinski definition) is 2. The van der Waals surface area contributed by atoms with Crippen LogP contribution in [0, 0.1) is 18.6 Å². The molecule has 4 aromatic rings. The van der Waals surface area contributed by atoms with Crippen LogP contribution in [0.2, 0.25) is 0 Å². The van der Waals surface area contributed by atoms with Crippen molar-refractivity contribution in [3.05, 3.63) is 107 Å². The molecule has 0 saturated carbocycles. The molecule has 8 heteroatoms. The number of nitrogens with one attached hydrogen (secondary N) is 1. The van der Waals surface area contributed by atoms with Gasteiger partial charge in [0.15, 0.2) is 11.6 Å². The molecular formula is C28H26F2N2O4. The average molecular weight is 493 g/mol. The number of aryl methyl sites for hydroxylation is 1. The Hall–Kier alpha value is -4.04. The van der Waals surface area contributed by atoms with E-state index in [4.69, 9.17) is 9.15 Å². The zero-order valence-electron chi connectivity index (χ0n) is 19.7. The lowest BCUT2D eigenvalue weighted by Crippen LogP contribution is -2.38. The first-order chi connectivity index (χ1) is 17.4. The second-order valence-corrected chi connectivity index (χ2v) is 8.32. The van der Waals surface area contributed by atoms with Gasteiger partial charge in [0.05, 0.1) is 12.3 Å². The summed E-state index contributed by atoms with van der Waals surface area (Å²) in [5, 5.41) is 12.3. The third kappa shape index (κ3) is 6.34. The topological polar surface area (TPSA) is 84.6 Å². The van der Waals surface area contributed by atoms with Gasteiger partial charge in [0.1, 0.15) is 17.6 Å². The summed E-state index contributed by atoms with van der Waals surface area (Å²) in [6.07, 6.45) is 0.749. The number of carbonyl (C=O) groups is 1. The summed E-state index contributed by atoms with van der Waals surface area (Å²) in [6, 6.07) is 19.6. The highest BCUT2D eigenvalue weighted by Gasteiger charge is 2.19. The van der Waals surface area contributed by atoms with E-state index in [-0.39, 0.29) is 18.5 Å². The van der Waals surface area contributed by atoms with Gasteiger partial charge in [-0.3, -0.25) is 10.1 Å². The van der Waals surface area contributed by atoms with Crippen LogP contribution >= 0.6 is 0 Å². The Kier molecular flexibility index (Phi) is 8.07. The molecular weight excluding hydrogens is 466 g/mol. The molecule has 0 aliphatic heterocycles. The molecule has 186 valence electrons. The quantitative estimate of drug-likeness (QED) is 0.294. The van der Waals surface area contributed by atoms with E-state index in [1.165, 1.54) is 12.1 Å². The van der Waals surface area contributed by atoms with Gasteiger partial charge in [-0.05, 0) is 49.2 Å². The smallest absolute Gasteiger partial charge is 0.321 e. The molecule has 0 spiro atoms. The Morgan fingerprint density at radius 1 is 1.06 bits per heavy atom. The summed E-state index contributed by atoms with van der Waals surface area (Å²) in [5.74, 6) is -1.05. The monoisotopic (exact) mass is 492 g/mol. The normalized spacial score (nSPS) is 11.9. The molecule has 6 nitrogen and oxygen atoms in total. The summed E-state index contributed by atoms with van der Waals surface area (Å²) >= 11 is 0. The molecule has 0 bridgehead atoms.